The molecule has 6 heteroatoms. The Morgan fingerprint density at radius 3 is 1.46 bits per heavy atom. The predicted molar refractivity (Wildman–Crippen MR) is 91.5 cm³/mol. The van der Waals surface area contributed by atoms with Crippen LogP contribution in [0.3, 0.4) is 0 Å². The van der Waals surface area contributed by atoms with E-state index in [0.29, 0.717) is 26.4 Å². The fourth-order valence-electron chi connectivity index (χ4n) is 2.66. The lowest BCUT2D eigenvalue weighted by molar-refractivity contribution is -0.302. The highest BCUT2D eigenvalue weighted by atomic mass is 16.7. The molecule has 2 rings (SSSR count). The van der Waals surface area contributed by atoms with Crippen molar-refractivity contribution in [2.24, 2.45) is 5.41 Å². The maximum Gasteiger partial charge on any atom is 0.157 e. The van der Waals surface area contributed by atoms with Crippen molar-refractivity contribution in [1.82, 2.24) is 0 Å². The van der Waals surface area contributed by atoms with Crippen molar-refractivity contribution in [2.45, 2.75) is 85.3 Å². The maximum atomic E-state index is 8.76. The summed E-state index contributed by atoms with van der Waals surface area (Å²) >= 11 is 0. The molecule has 1 N–H and O–H groups in total. The average Bonchev–Trinajstić information content (AvgIpc) is 2.61. The van der Waals surface area contributed by atoms with E-state index >= 15 is 0 Å². The van der Waals surface area contributed by atoms with Crippen LogP contribution in [0.2, 0.25) is 0 Å². The van der Waals surface area contributed by atoms with Gasteiger partial charge in [0.05, 0.1) is 37.9 Å². The number of ether oxygens (including phenoxy) is 5. The molecular formula is C18H36O6. The molecule has 6 nitrogen and oxygen atoms in total. The van der Waals surface area contributed by atoms with Gasteiger partial charge in [-0.05, 0) is 32.6 Å². The van der Waals surface area contributed by atoms with Gasteiger partial charge in [-0.1, -0.05) is 27.7 Å². The lowest BCUT2D eigenvalue weighted by Gasteiger charge is -2.43. The van der Waals surface area contributed by atoms with Crippen molar-refractivity contribution < 1.29 is 28.8 Å². The van der Waals surface area contributed by atoms with E-state index in [-0.39, 0.29) is 24.1 Å². The highest BCUT2D eigenvalue weighted by molar-refractivity contribution is 4.84. The van der Waals surface area contributed by atoms with Gasteiger partial charge in [0.25, 0.3) is 0 Å². The summed E-state index contributed by atoms with van der Waals surface area (Å²) < 4.78 is 27.5. The normalized spacial score (nSPS) is 31.6. The molecule has 0 radical (unpaired) electrons. The fraction of sp³-hybridized carbons (Fsp3) is 1.00. The van der Waals surface area contributed by atoms with E-state index in [0.717, 1.165) is 25.7 Å². The molecule has 2 saturated heterocycles. The van der Waals surface area contributed by atoms with Gasteiger partial charge in [0.1, 0.15) is 0 Å². The average molecular weight is 348 g/mol. The van der Waals surface area contributed by atoms with E-state index in [1.54, 1.807) is 6.92 Å². The second kappa shape index (κ2) is 11.4. The van der Waals surface area contributed by atoms with Crippen LogP contribution in [0.4, 0.5) is 0 Å². The summed E-state index contributed by atoms with van der Waals surface area (Å²) in [7, 11) is 0. The first-order valence-corrected chi connectivity index (χ1v) is 9.28. The maximum absolute atomic E-state index is 8.76. The lowest BCUT2D eigenvalue weighted by atomic mass is 9.90. The zero-order valence-corrected chi connectivity index (χ0v) is 16.0. The number of hydrogen-bond donors (Lipinski definition) is 1. The minimum Gasteiger partial charge on any atom is -0.368 e. The van der Waals surface area contributed by atoms with Crippen molar-refractivity contribution in [1.29, 1.82) is 0 Å². The number of hydrogen-bond acceptors (Lipinski definition) is 6. The Morgan fingerprint density at radius 1 is 0.875 bits per heavy atom. The zero-order chi connectivity index (χ0) is 18.0. The quantitative estimate of drug-likeness (QED) is 0.744. The summed E-state index contributed by atoms with van der Waals surface area (Å²) in [6.45, 7) is 12.6. The van der Waals surface area contributed by atoms with Crippen molar-refractivity contribution in [3.63, 3.8) is 0 Å². The second-order valence-electron chi connectivity index (χ2n) is 6.59. The summed E-state index contributed by atoms with van der Waals surface area (Å²) in [6.07, 6.45) is 3.27. The Hall–Kier alpha value is -0.240. The van der Waals surface area contributed by atoms with E-state index in [1.807, 2.05) is 0 Å². The molecule has 2 aliphatic heterocycles. The highest BCUT2D eigenvalue weighted by Gasteiger charge is 2.41. The Labute approximate surface area is 146 Å². The molecule has 0 saturated carbocycles. The van der Waals surface area contributed by atoms with Gasteiger partial charge in [-0.15, -0.1) is 0 Å². The van der Waals surface area contributed by atoms with Gasteiger partial charge in [-0.2, -0.15) is 0 Å². The number of rotatable bonds is 6. The number of aliphatic hydroxyl groups is 1. The Bertz CT molecular complexity index is 277. The van der Waals surface area contributed by atoms with Crippen LogP contribution in [0, 0.1) is 5.41 Å². The molecule has 1 spiro atoms. The Balaban J connectivity index is 0.000000277. The van der Waals surface area contributed by atoms with E-state index < -0.39 is 6.29 Å². The van der Waals surface area contributed by atoms with Crippen LogP contribution in [0.1, 0.15) is 60.3 Å². The van der Waals surface area contributed by atoms with Crippen LogP contribution < -0.4 is 0 Å². The van der Waals surface area contributed by atoms with Gasteiger partial charge in [-0.3, -0.25) is 0 Å². The van der Waals surface area contributed by atoms with Crippen molar-refractivity contribution in [3.05, 3.63) is 0 Å². The summed E-state index contributed by atoms with van der Waals surface area (Å²) in [4.78, 5) is 0. The molecule has 1 unspecified atom stereocenters. The first-order valence-electron chi connectivity index (χ1n) is 9.28. The molecule has 144 valence electrons. The van der Waals surface area contributed by atoms with Crippen LogP contribution >= 0.6 is 0 Å². The van der Waals surface area contributed by atoms with Gasteiger partial charge in [0, 0.05) is 0 Å². The van der Waals surface area contributed by atoms with E-state index in [1.165, 1.54) is 0 Å². The second-order valence-corrected chi connectivity index (χ2v) is 6.59. The third-order valence-electron chi connectivity index (χ3n) is 4.27. The van der Waals surface area contributed by atoms with E-state index in [2.05, 4.69) is 27.7 Å². The molecule has 0 aromatic rings. The molecule has 2 fully saturated rings. The van der Waals surface area contributed by atoms with Crippen molar-refractivity contribution in [2.75, 3.05) is 26.4 Å². The van der Waals surface area contributed by atoms with Crippen LogP contribution in [0.25, 0.3) is 0 Å². The zero-order valence-electron chi connectivity index (χ0n) is 16.0. The topological polar surface area (TPSA) is 66.4 Å². The highest BCUT2D eigenvalue weighted by Crippen LogP contribution is 2.31. The van der Waals surface area contributed by atoms with Crippen LogP contribution in [-0.4, -0.2) is 56.5 Å². The summed E-state index contributed by atoms with van der Waals surface area (Å²) in [6, 6.07) is 0. The molecule has 0 aliphatic carbocycles. The third kappa shape index (κ3) is 7.33. The molecule has 24 heavy (non-hydrogen) atoms. The minimum absolute atomic E-state index is 0.0421. The fourth-order valence-corrected chi connectivity index (χ4v) is 2.66. The predicted octanol–water partition coefficient (Wildman–Crippen LogP) is 3.07. The van der Waals surface area contributed by atoms with Gasteiger partial charge in [0.15, 0.2) is 18.9 Å². The molecule has 2 aliphatic rings. The smallest absolute Gasteiger partial charge is 0.157 e. The molecule has 0 aromatic carbocycles. The van der Waals surface area contributed by atoms with Crippen LogP contribution in [-0.2, 0) is 23.7 Å². The molecule has 0 bridgehead atoms. The van der Waals surface area contributed by atoms with E-state index in [4.69, 9.17) is 28.8 Å². The molecule has 1 atom stereocenters. The molecular weight excluding hydrogens is 312 g/mol. The Kier molecular flexibility index (Phi) is 10.3. The SMILES string of the molecule is CCC(CC)OC(C)O.CCC1OCC2(CO1)COC(CC)OC2. The first kappa shape index (κ1) is 21.8. The monoisotopic (exact) mass is 348 g/mol. The van der Waals surface area contributed by atoms with E-state index in [9.17, 15) is 0 Å². The van der Waals surface area contributed by atoms with Crippen molar-refractivity contribution >= 4 is 0 Å². The largest absolute Gasteiger partial charge is 0.368 e. The van der Waals surface area contributed by atoms with Gasteiger partial charge < -0.3 is 28.8 Å². The van der Waals surface area contributed by atoms with Crippen molar-refractivity contribution in [3.8, 4) is 0 Å². The molecule has 0 amide bonds. The third-order valence-corrected chi connectivity index (χ3v) is 4.27. The number of aliphatic hydroxyl groups excluding tert-OH is 1. The standard InChI is InChI=1S/C11H20O4.C7H16O2/c1-3-9-12-5-11(6-13-9)7-14-10(4-2)15-8-11;1-4-7(5-2)9-6(3)8/h9-10H,3-8H2,1-2H3;6-8H,4-5H2,1-3H3. The molecule has 2 heterocycles. The van der Waals surface area contributed by atoms with Crippen LogP contribution in [0.15, 0.2) is 0 Å². The van der Waals surface area contributed by atoms with Gasteiger partial charge in [0.2, 0.25) is 0 Å². The van der Waals surface area contributed by atoms with Gasteiger partial charge in [-0.25, -0.2) is 0 Å². The van der Waals surface area contributed by atoms with Crippen LogP contribution in [0.5, 0.6) is 0 Å². The van der Waals surface area contributed by atoms with Gasteiger partial charge >= 0.3 is 0 Å². The summed E-state index contributed by atoms with van der Waals surface area (Å²) in [5, 5.41) is 8.76. The lowest BCUT2D eigenvalue weighted by Crippen LogP contribution is -2.52. The minimum atomic E-state index is -0.616. The summed E-state index contributed by atoms with van der Waals surface area (Å²) in [5.41, 5.74) is -0.0721. The first-order chi connectivity index (χ1) is 11.5. The summed E-state index contributed by atoms with van der Waals surface area (Å²) in [5.74, 6) is 0. The molecule has 0 aromatic heterocycles. The Morgan fingerprint density at radius 2 is 1.25 bits per heavy atom.